The number of fused-ring (bicyclic) bond motifs is 7. The highest BCUT2D eigenvalue weighted by Gasteiger charge is 2.73. The fourth-order valence-corrected chi connectivity index (χ4v) is 6.78. The van der Waals surface area contributed by atoms with Crippen LogP contribution in [0.25, 0.3) is 21.9 Å². The average molecular weight is 529 g/mol. The van der Waals surface area contributed by atoms with Crippen molar-refractivity contribution in [2.75, 3.05) is 11.5 Å². The molecule has 4 atom stereocenters. The van der Waals surface area contributed by atoms with E-state index in [1.165, 1.54) is 4.90 Å². The number of aromatic nitrogens is 2. The molecule has 0 saturated carbocycles. The number of rotatable bonds is 5. The van der Waals surface area contributed by atoms with E-state index in [2.05, 4.69) is 16.2 Å². The lowest BCUT2D eigenvalue weighted by molar-refractivity contribution is -0.131. The van der Waals surface area contributed by atoms with Crippen LogP contribution >= 0.6 is 11.6 Å². The van der Waals surface area contributed by atoms with Crippen molar-refractivity contribution in [3.63, 3.8) is 0 Å². The summed E-state index contributed by atoms with van der Waals surface area (Å²) in [6.45, 7) is 2.14. The van der Waals surface area contributed by atoms with E-state index in [9.17, 15) is 14.9 Å². The summed E-state index contributed by atoms with van der Waals surface area (Å²) >= 11 is 6.12. The molecule has 0 spiro atoms. The number of carbonyl (C=O) groups excluding carboxylic acids is 2. The molecule has 0 aliphatic carbocycles. The summed E-state index contributed by atoms with van der Waals surface area (Å²) in [6, 6.07) is 14.1. The van der Waals surface area contributed by atoms with Gasteiger partial charge in [0.1, 0.15) is 6.07 Å². The number of nitrogens with zero attached hydrogens (tertiary/aromatic N) is 4. The number of benzene rings is 2. The Bertz CT molecular complexity index is 1710. The smallest absolute Gasteiger partial charge is 0.262 e. The van der Waals surface area contributed by atoms with Crippen molar-refractivity contribution < 1.29 is 23.6 Å². The molecule has 2 unspecified atom stereocenters. The van der Waals surface area contributed by atoms with Crippen LogP contribution in [0.3, 0.4) is 0 Å². The summed E-state index contributed by atoms with van der Waals surface area (Å²) in [6.07, 6.45) is 3.30. The van der Waals surface area contributed by atoms with Crippen molar-refractivity contribution in [2.45, 2.75) is 37.4 Å². The Morgan fingerprint density at radius 3 is 2.84 bits per heavy atom. The summed E-state index contributed by atoms with van der Waals surface area (Å²) < 4.78 is 17.8. The summed E-state index contributed by atoms with van der Waals surface area (Å²) in [5.41, 5.74) is 0.258. The summed E-state index contributed by atoms with van der Waals surface area (Å²) in [7, 11) is 0. The Labute approximate surface area is 221 Å². The third-order valence-electron chi connectivity index (χ3n) is 8.28. The van der Waals surface area contributed by atoms with Gasteiger partial charge in [0.25, 0.3) is 5.88 Å². The van der Waals surface area contributed by atoms with Gasteiger partial charge >= 0.3 is 0 Å². The van der Waals surface area contributed by atoms with E-state index in [0.717, 1.165) is 0 Å². The van der Waals surface area contributed by atoms with E-state index in [1.54, 1.807) is 48.7 Å². The first-order chi connectivity index (χ1) is 18.3. The number of ether oxygens (including phenoxy) is 2. The zero-order valence-electron chi connectivity index (χ0n) is 20.3. The minimum Gasteiger partial charge on any atom is -0.475 e. The maximum Gasteiger partial charge on any atom is 0.262 e. The molecule has 2 amide bonds. The highest BCUT2D eigenvalue weighted by molar-refractivity contribution is 6.31. The Balaban J connectivity index is 1.21. The van der Waals surface area contributed by atoms with Gasteiger partial charge in [-0.25, -0.2) is 4.90 Å². The molecule has 4 aromatic rings. The van der Waals surface area contributed by atoms with Gasteiger partial charge in [-0.1, -0.05) is 11.6 Å². The van der Waals surface area contributed by atoms with Gasteiger partial charge in [0.05, 0.1) is 51.8 Å². The van der Waals surface area contributed by atoms with E-state index < -0.39 is 23.0 Å². The summed E-state index contributed by atoms with van der Waals surface area (Å²) in [5, 5.41) is 15.3. The van der Waals surface area contributed by atoms with Crippen LogP contribution in [0.15, 0.2) is 53.2 Å². The minimum absolute atomic E-state index is 0.221. The topological polar surface area (TPSA) is 119 Å². The molecule has 2 aromatic carbocycles. The molecule has 3 aliphatic heterocycles. The number of pyridine rings is 1. The third kappa shape index (κ3) is 3.08. The van der Waals surface area contributed by atoms with Crippen LogP contribution < -0.4 is 9.64 Å². The third-order valence-corrected chi connectivity index (χ3v) is 8.52. The largest absolute Gasteiger partial charge is 0.475 e. The molecular formula is C28H21ClN4O5. The number of anilines is 1. The van der Waals surface area contributed by atoms with Gasteiger partial charge in [-0.2, -0.15) is 5.26 Å². The lowest BCUT2D eigenvalue weighted by atomic mass is 9.67. The summed E-state index contributed by atoms with van der Waals surface area (Å²) in [4.78, 5) is 33.4. The second-order valence-corrected chi connectivity index (χ2v) is 10.8. The SMILES string of the molecule is CC12CCC(CCOc3noc4ccc(Cl)cc34)(O1)[C@@H]1C(=O)N(c3ccc(C#N)c4ncccc34)C(=O)[C@@H]12. The first-order valence-electron chi connectivity index (χ1n) is 12.4. The number of nitriles is 1. The molecule has 3 saturated heterocycles. The fourth-order valence-electron chi connectivity index (χ4n) is 6.60. The lowest BCUT2D eigenvalue weighted by Gasteiger charge is -2.31. The first kappa shape index (κ1) is 23.1. The molecule has 7 rings (SSSR count). The van der Waals surface area contributed by atoms with E-state index in [0.29, 0.717) is 63.3 Å². The number of carbonyl (C=O) groups is 2. The van der Waals surface area contributed by atoms with Crippen LogP contribution in [0.4, 0.5) is 5.69 Å². The molecule has 5 heterocycles. The lowest BCUT2D eigenvalue weighted by Crippen LogP contribution is -2.43. The number of amides is 2. The maximum absolute atomic E-state index is 14.0. The van der Waals surface area contributed by atoms with E-state index >= 15 is 0 Å². The standard InChI is InChI=1S/C28H21ClN4O5/c1-27-8-9-28(38-27,10-12-36-24-18-13-16(29)5-7-20(18)37-32-24)22-21(27)25(34)33(26(22)35)19-6-4-15(14-30)23-17(19)3-2-11-31-23/h2-7,11,13,21-22H,8-10,12H2,1H3/t21-,22+,27?,28?/m1/s1. The van der Waals surface area contributed by atoms with Crippen molar-refractivity contribution in [2.24, 2.45) is 11.8 Å². The predicted octanol–water partition coefficient (Wildman–Crippen LogP) is 4.80. The summed E-state index contributed by atoms with van der Waals surface area (Å²) in [5.74, 6) is -1.49. The zero-order chi connectivity index (χ0) is 26.2. The van der Waals surface area contributed by atoms with Gasteiger partial charge in [-0.3, -0.25) is 14.6 Å². The predicted molar refractivity (Wildman–Crippen MR) is 137 cm³/mol. The van der Waals surface area contributed by atoms with Crippen LogP contribution in [0, 0.1) is 23.2 Å². The highest BCUT2D eigenvalue weighted by atomic mass is 35.5. The molecule has 3 fully saturated rings. The zero-order valence-corrected chi connectivity index (χ0v) is 21.1. The molecule has 38 heavy (non-hydrogen) atoms. The molecule has 0 N–H and O–H groups in total. The Kier molecular flexibility index (Phi) is 4.87. The van der Waals surface area contributed by atoms with Crippen LogP contribution in [0.1, 0.15) is 31.7 Å². The second-order valence-electron chi connectivity index (χ2n) is 10.3. The first-order valence-corrected chi connectivity index (χ1v) is 12.8. The van der Waals surface area contributed by atoms with Crippen molar-refractivity contribution in [3.8, 4) is 11.9 Å². The number of halogens is 1. The van der Waals surface area contributed by atoms with E-state index in [4.69, 9.17) is 25.6 Å². The number of imide groups is 1. The van der Waals surface area contributed by atoms with Gasteiger partial charge in [0, 0.05) is 23.0 Å². The highest BCUT2D eigenvalue weighted by Crippen LogP contribution is 2.62. The molecule has 9 nitrogen and oxygen atoms in total. The molecule has 10 heteroatoms. The van der Waals surface area contributed by atoms with Crippen LogP contribution in [-0.2, 0) is 14.3 Å². The van der Waals surface area contributed by atoms with Gasteiger partial charge < -0.3 is 14.0 Å². The van der Waals surface area contributed by atoms with Gasteiger partial charge in [-0.05, 0) is 67.4 Å². The normalized spacial score (nSPS) is 27.9. The second kappa shape index (κ2) is 8.00. The Morgan fingerprint density at radius 1 is 1.16 bits per heavy atom. The van der Waals surface area contributed by atoms with E-state index in [1.807, 2.05) is 6.92 Å². The molecule has 2 aromatic heterocycles. The Hall–Kier alpha value is -4.00. The number of hydrogen-bond acceptors (Lipinski definition) is 8. The molecule has 3 aliphatic rings. The molecule has 190 valence electrons. The minimum atomic E-state index is -0.835. The Morgan fingerprint density at radius 2 is 2.00 bits per heavy atom. The monoisotopic (exact) mass is 528 g/mol. The quantitative estimate of drug-likeness (QED) is 0.339. The van der Waals surface area contributed by atoms with Crippen LogP contribution in [0.5, 0.6) is 5.88 Å². The molecule has 2 bridgehead atoms. The van der Waals surface area contributed by atoms with Gasteiger partial charge in [-0.15, -0.1) is 0 Å². The van der Waals surface area contributed by atoms with Crippen LogP contribution in [-0.4, -0.2) is 39.8 Å². The fraction of sp³-hybridized carbons (Fsp3) is 0.321. The van der Waals surface area contributed by atoms with Gasteiger partial charge in [0.15, 0.2) is 5.58 Å². The van der Waals surface area contributed by atoms with Crippen molar-refractivity contribution in [3.05, 3.63) is 59.2 Å². The average Bonchev–Trinajstić information content (AvgIpc) is 3.62. The van der Waals surface area contributed by atoms with Crippen molar-refractivity contribution >= 4 is 51.0 Å². The van der Waals surface area contributed by atoms with Gasteiger partial charge in [0.2, 0.25) is 11.8 Å². The van der Waals surface area contributed by atoms with Crippen LogP contribution in [0.2, 0.25) is 5.02 Å². The number of hydrogen-bond donors (Lipinski definition) is 0. The maximum atomic E-state index is 14.0. The van der Waals surface area contributed by atoms with E-state index in [-0.39, 0.29) is 18.4 Å². The van der Waals surface area contributed by atoms with Crippen molar-refractivity contribution in [1.29, 1.82) is 5.26 Å². The molecular weight excluding hydrogens is 508 g/mol. The van der Waals surface area contributed by atoms with Crippen molar-refractivity contribution in [1.82, 2.24) is 10.1 Å². The molecule has 0 radical (unpaired) electrons.